The second-order valence-corrected chi connectivity index (χ2v) is 6.73. The van der Waals surface area contributed by atoms with Crippen molar-refractivity contribution in [2.24, 2.45) is 0 Å². The Hall–Kier alpha value is -0.790. The van der Waals surface area contributed by atoms with Crippen molar-refractivity contribution in [3.8, 4) is 0 Å². The first-order valence-corrected chi connectivity index (χ1v) is 7.94. The fraction of sp³-hybridized carbons (Fsp3) is 0.333. The summed E-state index contributed by atoms with van der Waals surface area (Å²) in [6.07, 6.45) is 1.01. The van der Waals surface area contributed by atoms with Crippen molar-refractivity contribution in [2.75, 3.05) is 17.9 Å². The molecule has 0 saturated heterocycles. The Morgan fingerprint density at radius 3 is 2.59 bits per heavy atom. The highest BCUT2D eigenvalue weighted by Crippen LogP contribution is 2.31. The number of benzene rings is 1. The minimum Gasteiger partial charge on any atom is -0.258 e. The van der Waals surface area contributed by atoms with Gasteiger partial charge in [-0.2, -0.15) is 0 Å². The van der Waals surface area contributed by atoms with Crippen LogP contribution in [0.5, 0.6) is 0 Å². The molecule has 5 nitrogen and oxygen atoms in total. The first kappa shape index (κ1) is 14.3. The van der Waals surface area contributed by atoms with Gasteiger partial charge in [0.25, 0.3) is 5.69 Å². The fourth-order valence-electron chi connectivity index (χ4n) is 1.14. The van der Waals surface area contributed by atoms with Crippen LogP contribution >= 0.6 is 23.4 Å². The van der Waals surface area contributed by atoms with Gasteiger partial charge in [-0.1, -0.05) is 0 Å². The lowest BCUT2D eigenvalue weighted by Gasteiger charge is -2.03. The Labute approximate surface area is 108 Å². The molecule has 0 saturated carbocycles. The van der Waals surface area contributed by atoms with Crippen LogP contribution in [0, 0.1) is 10.1 Å². The number of sulfone groups is 1. The monoisotopic (exact) mass is 295 g/mol. The number of alkyl halides is 1. The first-order valence-electron chi connectivity index (χ1n) is 4.53. The second-order valence-electron chi connectivity index (χ2n) is 3.20. The van der Waals surface area contributed by atoms with Crippen molar-refractivity contribution in [3.63, 3.8) is 0 Å². The van der Waals surface area contributed by atoms with Crippen molar-refractivity contribution >= 4 is 38.9 Å². The van der Waals surface area contributed by atoms with Gasteiger partial charge in [0.2, 0.25) is 0 Å². The van der Waals surface area contributed by atoms with Crippen LogP contribution in [0.1, 0.15) is 0 Å². The van der Waals surface area contributed by atoms with Gasteiger partial charge in [0.05, 0.1) is 14.7 Å². The van der Waals surface area contributed by atoms with Crippen LogP contribution in [0.15, 0.2) is 28.0 Å². The molecule has 17 heavy (non-hydrogen) atoms. The fourth-order valence-corrected chi connectivity index (χ4v) is 2.76. The Morgan fingerprint density at radius 2 is 2.12 bits per heavy atom. The highest BCUT2D eigenvalue weighted by Gasteiger charge is 2.18. The van der Waals surface area contributed by atoms with Crippen molar-refractivity contribution in [3.05, 3.63) is 28.3 Å². The number of halogens is 1. The maximum absolute atomic E-state index is 11.3. The lowest BCUT2D eigenvalue weighted by atomic mass is 10.3. The van der Waals surface area contributed by atoms with Gasteiger partial charge in [-0.3, -0.25) is 10.1 Å². The van der Waals surface area contributed by atoms with Crippen LogP contribution in [0.2, 0.25) is 0 Å². The largest absolute Gasteiger partial charge is 0.284 e. The molecule has 0 unspecified atom stereocenters. The summed E-state index contributed by atoms with van der Waals surface area (Å²) in [6, 6.07) is 3.87. The molecular weight excluding hydrogens is 286 g/mol. The Kier molecular flexibility index (Phi) is 4.79. The number of thioether (sulfide) groups is 1. The number of nitro groups is 1. The van der Waals surface area contributed by atoms with E-state index in [4.69, 9.17) is 11.6 Å². The summed E-state index contributed by atoms with van der Waals surface area (Å²) >= 11 is 6.73. The molecular formula is C9H10ClNO4S2. The van der Waals surface area contributed by atoms with E-state index in [0.29, 0.717) is 16.5 Å². The maximum Gasteiger partial charge on any atom is 0.284 e. The molecule has 0 N–H and O–H groups in total. The zero-order valence-corrected chi connectivity index (χ0v) is 11.3. The third kappa shape index (κ3) is 3.86. The molecule has 0 amide bonds. The topological polar surface area (TPSA) is 77.3 Å². The lowest BCUT2D eigenvalue weighted by Crippen LogP contribution is -2.00. The molecule has 0 aliphatic carbocycles. The van der Waals surface area contributed by atoms with Crippen LogP contribution in [0.25, 0.3) is 0 Å². The first-order chi connectivity index (χ1) is 7.86. The molecule has 0 atom stereocenters. The molecule has 1 aromatic rings. The molecule has 94 valence electrons. The number of nitrogens with zero attached hydrogens (tertiary/aromatic N) is 1. The molecule has 1 rings (SSSR count). The summed E-state index contributed by atoms with van der Waals surface area (Å²) in [5.41, 5.74) is -0.206. The minimum absolute atomic E-state index is 0.0561. The average Bonchev–Trinajstić information content (AvgIpc) is 2.24. The van der Waals surface area contributed by atoms with E-state index in [1.807, 2.05) is 0 Å². The molecule has 0 fully saturated rings. The Morgan fingerprint density at radius 1 is 1.47 bits per heavy atom. The van der Waals surface area contributed by atoms with Gasteiger partial charge in [0.15, 0.2) is 9.84 Å². The van der Waals surface area contributed by atoms with E-state index in [2.05, 4.69) is 0 Å². The number of hydrogen-bond acceptors (Lipinski definition) is 5. The van der Waals surface area contributed by atoms with E-state index >= 15 is 0 Å². The molecule has 0 aliphatic rings. The third-order valence-corrected chi connectivity index (χ3v) is 4.48. The zero-order chi connectivity index (χ0) is 13.1. The van der Waals surface area contributed by atoms with Crippen molar-refractivity contribution < 1.29 is 13.3 Å². The molecule has 0 spiro atoms. The van der Waals surface area contributed by atoms with Crippen LogP contribution in [0.3, 0.4) is 0 Å². The van der Waals surface area contributed by atoms with Crippen molar-refractivity contribution in [1.29, 1.82) is 0 Å². The molecule has 0 bridgehead atoms. The molecule has 8 heteroatoms. The standard InChI is InChI=1S/C9H10ClNO4S2/c1-17(14,15)7-2-3-9(16-5-4-10)8(6-7)11(12)13/h2-3,6H,4-5H2,1H3. The van der Waals surface area contributed by atoms with Crippen LogP contribution in [-0.4, -0.2) is 31.2 Å². The van der Waals surface area contributed by atoms with Crippen molar-refractivity contribution in [2.45, 2.75) is 9.79 Å². The Balaban J connectivity index is 3.22. The quantitative estimate of drug-likeness (QED) is 0.360. The second kappa shape index (κ2) is 5.70. The lowest BCUT2D eigenvalue weighted by molar-refractivity contribution is -0.388. The van der Waals surface area contributed by atoms with Gasteiger partial charge < -0.3 is 0 Å². The average molecular weight is 296 g/mol. The number of rotatable bonds is 5. The van der Waals surface area contributed by atoms with Gasteiger partial charge in [-0.25, -0.2) is 8.42 Å². The normalized spacial score (nSPS) is 11.4. The van der Waals surface area contributed by atoms with Gasteiger partial charge >= 0.3 is 0 Å². The van der Waals surface area contributed by atoms with E-state index in [0.717, 1.165) is 12.3 Å². The van der Waals surface area contributed by atoms with Crippen LogP contribution in [0.4, 0.5) is 5.69 Å². The van der Waals surface area contributed by atoms with Gasteiger partial charge in [0.1, 0.15) is 0 Å². The predicted molar refractivity (Wildman–Crippen MR) is 67.7 cm³/mol. The van der Waals surface area contributed by atoms with E-state index in [1.165, 1.54) is 23.9 Å². The summed E-state index contributed by atoms with van der Waals surface area (Å²) in [6.45, 7) is 0. The molecule has 0 radical (unpaired) electrons. The third-order valence-electron chi connectivity index (χ3n) is 1.89. The minimum atomic E-state index is -3.44. The number of nitro benzene ring substituents is 1. The van der Waals surface area contributed by atoms with Crippen LogP contribution < -0.4 is 0 Å². The smallest absolute Gasteiger partial charge is 0.258 e. The van der Waals surface area contributed by atoms with E-state index in [1.54, 1.807) is 0 Å². The van der Waals surface area contributed by atoms with E-state index < -0.39 is 14.8 Å². The summed E-state index contributed by atoms with van der Waals surface area (Å²) in [5.74, 6) is 0.899. The summed E-state index contributed by atoms with van der Waals surface area (Å²) in [7, 11) is -3.44. The SMILES string of the molecule is CS(=O)(=O)c1ccc(SCCCl)c([N+](=O)[O-])c1. The van der Waals surface area contributed by atoms with E-state index in [9.17, 15) is 18.5 Å². The van der Waals surface area contributed by atoms with E-state index in [-0.39, 0.29) is 10.6 Å². The Bertz CT molecular complexity index is 530. The molecule has 0 heterocycles. The molecule has 1 aromatic carbocycles. The predicted octanol–water partition coefficient (Wildman–Crippen LogP) is 2.33. The van der Waals surface area contributed by atoms with Gasteiger partial charge in [-0.05, 0) is 12.1 Å². The summed E-state index contributed by atoms with van der Waals surface area (Å²) < 4.78 is 22.6. The highest BCUT2D eigenvalue weighted by atomic mass is 35.5. The summed E-state index contributed by atoms with van der Waals surface area (Å²) in [4.78, 5) is 10.6. The van der Waals surface area contributed by atoms with Crippen molar-refractivity contribution in [1.82, 2.24) is 0 Å². The van der Waals surface area contributed by atoms with Gasteiger partial charge in [-0.15, -0.1) is 23.4 Å². The highest BCUT2D eigenvalue weighted by molar-refractivity contribution is 7.99. The zero-order valence-electron chi connectivity index (χ0n) is 8.92. The maximum atomic E-state index is 11.3. The number of hydrogen-bond donors (Lipinski definition) is 0. The molecule has 0 aromatic heterocycles. The molecule has 0 aliphatic heterocycles. The summed E-state index contributed by atoms with van der Waals surface area (Å²) in [5, 5.41) is 10.8. The van der Waals surface area contributed by atoms with Crippen LogP contribution in [-0.2, 0) is 9.84 Å². The van der Waals surface area contributed by atoms with Gasteiger partial charge in [0, 0.05) is 24.0 Å².